The van der Waals surface area contributed by atoms with Crippen molar-refractivity contribution in [3.63, 3.8) is 0 Å². The van der Waals surface area contributed by atoms with Gasteiger partial charge in [-0.15, -0.1) is 10.2 Å². The molecule has 0 spiro atoms. The van der Waals surface area contributed by atoms with Gasteiger partial charge in [0.15, 0.2) is 5.69 Å². The average Bonchev–Trinajstić information content (AvgIpc) is 2.31. The third-order valence-corrected chi connectivity index (χ3v) is 2.45. The Morgan fingerprint density at radius 1 is 1.19 bits per heavy atom. The molecule has 7 heteroatoms. The second-order valence-corrected chi connectivity index (χ2v) is 3.75. The van der Waals surface area contributed by atoms with E-state index in [1.807, 2.05) is 0 Å². The number of hydrogen-bond acceptors (Lipinski definition) is 6. The fourth-order valence-corrected chi connectivity index (χ4v) is 1.59. The summed E-state index contributed by atoms with van der Waals surface area (Å²) in [5, 5.41) is 17.2. The van der Waals surface area contributed by atoms with E-state index in [1.165, 1.54) is 17.8 Å². The zero-order chi connectivity index (χ0) is 11.4. The van der Waals surface area contributed by atoms with Gasteiger partial charge in [0.2, 0.25) is 0 Å². The lowest BCUT2D eigenvalue weighted by Crippen LogP contribution is -2.01. The third kappa shape index (κ3) is 2.51. The van der Waals surface area contributed by atoms with Crippen molar-refractivity contribution in [2.75, 3.05) is 0 Å². The van der Waals surface area contributed by atoms with E-state index < -0.39 is 5.97 Å². The first kappa shape index (κ1) is 10.5. The Hall–Kier alpha value is -2.02. The van der Waals surface area contributed by atoms with Gasteiger partial charge in [0.25, 0.3) is 0 Å². The molecule has 80 valence electrons. The zero-order valence-electron chi connectivity index (χ0n) is 7.94. The summed E-state index contributed by atoms with van der Waals surface area (Å²) in [6, 6.07) is 2.98. The molecule has 0 unspecified atom stereocenters. The minimum atomic E-state index is -1.09. The van der Waals surface area contributed by atoms with Crippen molar-refractivity contribution < 1.29 is 9.90 Å². The van der Waals surface area contributed by atoms with Crippen molar-refractivity contribution in [2.45, 2.75) is 10.1 Å². The highest BCUT2D eigenvalue weighted by molar-refractivity contribution is 7.99. The van der Waals surface area contributed by atoms with Gasteiger partial charge < -0.3 is 5.11 Å². The predicted octanol–water partition coefficient (Wildman–Crippen LogP) is 1.12. The second kappa shape index (κ2) is 4.67. The summed E-state index contributed by atoms with van der Waals surface area (Å²) in [7, 11) is 0. The molecule has 0 aliphatic carbocycles. The summed E-state index contributed by atoms with van der Waals surface area (Å²) < 4.78 is 0. The molecule has 2 aromatic rings. The monoisotopic (exact) mass is 234 g/mol. The molecule has 0 aliphatic heterocycles. The zero-order valence-corrected chi connectivity index (χ0v) is 8.76. The maximum absolute atomic E-state index is 10.5. The molecule has 0 atom stereocenters. The number of carboxylic acids is 1. The molecule has 0 saturated heterocycles. The van der Waals surface area contributed by atoms with Gasteiger partial charge in [0, 0.05) is 12.4 Å². The molecule has 0 fully saturated rings. The van der Waals surface area contributed by atoms with Crippen LogP contribution in [0.2, 0.25) is 0 Å². The van der Waals surface area contributed by atoms with E-state index in [0.29, 0.717) is 10.1 Å². The summed E-state index contributed by atoms with van der Waals surface area (Å²) in [5.74, 6) is -1.09. The number of carboxylic acid groups (broad SMARTS) is 1. The largest absolute Gasteiger partial charge is 0.476 e. The van der Waals surface area contributed by atoms with E-state index in [-0.39, 0.29) is 5.69 Å². The number of aromatic carboxylic acids is 1. The fourth-order valence-electron chi connectivity index (χ4n) is 0.934. The van der Waals surface area contributed by atoms with Gasteiger partial charge in [-0.3, -0.25) is 4.98 Å². The quantitative estimate of drug-likeness (QED) is 0.850. The molecule has 0 amide bonds. The molecular weight excluding hydrogens is 228 g/mol. The third-order valence-electron chi connectivity index (χ3n) is 1.61. The SMILES string of the molecule is O=C(O)c1ccc(Sc2cnccn2)nn1. The Morgan fingerprint density at radius 2 is 2.06 bits per heavy atom. The van der Waals surface area contributed by atoms with Gasteiger partial charge >= 0.3 is 5.97 Å². The first-order valence-corrected chi connectivity index (χ1v) is 5.08. The summed E-state index contributed by atoms with van der Waals surface area (Å²) in [4.78, 5) is 18.5. The summed E-state index contributed by atoms with van der Waals surface area (Å²) in [5.41, 5.74) is -0.0801. The van der Waals surface area contributed by atoms with Crippen LogP contribution < -0.4 is 0 Å². The molecule has 0 bridgehead atoms. The minimum Gasteiger partial charge on any atom is -0.476 e. The van der Waals surface area contributed by atoms with Crippen LogP contribution in [-0.4, -0.2) is 31.2 Å². The lowest BCUT2D eigenvalue weighted by atomic mass is 10.4. The highest BCUT2D eigenvalue weighted by Gasteiger charge is 2.06. The van der Waals surface area contributed by atoms with E-state index in [1.54, 1.807) is 24.7 Å². The van der Waals surface area contributed by atoms with Crippen molar-refractivity contribution >= 4 is 17.7 Å². The smallest absolute Gasteiger partial charge is 0.356 e. The summed E-state index contributed by atoms with van der Waals surface area (Å²) in [6.07, 6.45) is 4.74. The molecule has 0 radical (unpaired) electrons. The lowest BCUT2D eigenvalue weighted by molar-refractivity contribution is 0.0689. The standard InChI is InChI=1S/C9H6N4O2S/c14-9(15)6-1-2-7(13-12-6)16-8-5-10-3-4-11-8/h1-5H,(H,14,15). The highest BCUT2D eigenvalue weighted by atomic mass is 32.2. The van der Waals surface area contributed by atoms with Crippen LogP contribution in [0.3, 0.4) is 0 Å². The lowest BCUT2D eigenvalue weighted by Gasteiger charge is -1.98. The van der Waals surface area contributed by atoms with E-state index in [9.17, 15) is 4.79 Å². The van der Waals surface area contributed by atoms with Crippen molar-refractivity contribution in [3.05, 3.63) is 36.4 Å². The summed E-state index contributed by atoms with van der Waals surface area (Å²) >= 11 is 1.27. The summed E-state index contributed by atoms with van der Waals surface area (Å²) in [6.45, 7) is 0. The molecule has 6 nitrogen and oxygen atoms in total. The van der Waals surface area contributed by atoms with E-state index in [4.69, 9.17) is 5.11 Å². The molecule has 0 aromatic carbocycles. The number of hydrogen-bond donors (Lipinski definition) is 1. The van der Waals surface area contributed by atoms with Crippen LogP contribution in [-0.2, 0) is 0 Å². The normalized spacial score (nSPS) is 10.0. The fraction of sp³-hybridized carbons (Fsp3) is 0. The number of carbonyl (C=O) groups is 1. The number of nitrogens with zero attached hydrogens (tertiary/aromatic N) is 4. The number of rotatable bonds is 3. The maximum atomic E-state index is 10.5. The Balaban J connectivity index is 2.14. The van der Waals surface area contributed by atoms with Crippen LogP contribution in [0.15, 0.2) is 40.8 Å². The van der Waals surface area contributed by atoms with Gasteiger partial charge in [0.1, 0.15) is 10.1 Å². The Kier molecular flexibility index (Phi) is 3.06. The first-order valence-electron chi connectivity index (χ1n) is 4.26. The van der Waals surface area contributed by atoms with Gasteiger partial charge in [-0.2, -0.15) is 0 Å². The Bertz CT molecular complexity index is 489. The second-order valence-electron chi connectivity index (χ2n) is 2.71. The van der Waals surface area contributed by atoms with Gasteiger partial charge in [-0.1, -0.05) is 0 Å². The molecular formula is C9H6N4O2S. The molecule has 1 N–H and O–H groups in total. The van der Waals surface area contributed by atoms with Crippen LogP contribution in [0.4, 0.5) is 0 Å². The van der Waals surface area contributed by atoms with Crippen molar-refractivity contribution in [1.82, 2.24) is 20.2 Å². The van der Waals surface area contributed by atoms with Crippen LogP contribution in [0.25, 0.3) is 0 Å². The molecule has 2 rings (SSSR count). The first-order chi connectivity index (χ1) is 7.75. The maximum Gasteiger partial charge on any atom is 0.356 e. The van der Waals surface area contributed by atoms with Crippen LogP contribution in [0.5, 0.6) is 0 Å². The topological polar surface area (TPSA) is 88.9 Å². The highest BCUT2D eigenvalue weighted by Crippen LogP contribution is 2.21. The van der Waals surface area contributed by atoms with Gasteiger partial charge in [0.05, 0.1) is 6.20 Å². The van der Waals surface area contributed by atoms with Crippen molar-refractivity contribution in [2.24, 2.45) is 0 Å². The van der Waals surface area contributed by atoms with E-state index in [0.717, 1.165) is 0 Å². The van der Waals surface area contributed by atoms with Crippen molar-refractivity contribution in [3.8, 4) is 0 Å². The predicted molar refractivity (Wildman–Crippen MR) is 55.1 cm³/mol. The average molecular weight is 234 g/mol. The van der Waals surface area contributed by atoms with Crippen LogP contribution in [0, 0.1) is 0 Å². The molecule has 16 heavy (non-hydrogen) atoms. The Labute approximate surface area is 94.8 Å². The van der Waals surface area contributed by atoms with E-state index >= 15 is 0 Å². The van der Waals surface area contributed by atoms with Gasteiger partial charge in [-0.05, 0) is 23.9 Å². The molecule has 2 aromatic heterocycles. The molecule has 0 aliphatic rings. The minimum absolute atomic E-state index is 0.0801. The molecule has 2 heterocycles. The molecule has 0 saturated carbocycles. The Morgan fingerprint density at radius 3 is 2.62 bits per heavy atom. The van der Waals surface area contributed by atoms with E-state index in [2.05, 4.69) is 20.2 Å². The van der Waals surface area contributed by atoms with Crippen LogP contribution >= 0.6 is 11.8 Å². The number of aromatic nitrogens is 4. The van der Waals surface area contributed by atoms with Crippen LogP contribution in [0.1, 0.15) is 10.5 Å². The van der Waals surface area contributed by atoms with Crippen molar-refractivity contribution in [1.29, 1.82) is 0 Å². The van der Waals surface area contributed by atoms with Gasteiger partial charge in [-0.25, -0.2) is 9.78 Å².